The van der Waals surface area contributed by atoms with Crippen LogP contribution < -0.4 is 4.74 Å². The smallest absolute Gasteiger partial charge is 0.480 e. The summed E-state index contributed by atoms with van der Waals surface area (Å²) in [5.41, 5.74) is 0. The number of sulfonamides is 1. The van der Waals surface area contributed by atoms with Crippen molar-refractivity contribution in [1.82, 2.24) is 4.31 Å². The minimum absolute atomic E-state index is 0.500. The van der Waals surface area contributed by atoms with Crippen LogP contribution in [0.3, 0.4) is 0 Å². The highest BCUT2D eigenvalue weighted by atomic mass is 32.2. The van der Waals surface area contributed by atoms with Crippen molar-refractivity contribution >= 4 is 16.0 Å². The largest absolute Gasteiger partial charge is 0.573 e. The molecule has 0 aliphatic carbocycles. The highest BCUT2D eigenvalue weighted by Gasteiger charge is 2.33. The molecule has 118 valence electrons. The van der Waals surface area contributed by atoms with Gasteiger partial charge in [0.2, 0.25) is 10.0 Å². The Balaban J connectivity index is 3.15. The number of nitrogens with zero attached hydrogens (tertiary/aromatic N) is 1. The molecule has 0 saturated heterocycles. The molecule has 0 fully saturated rings. The molecule has 0 spiro atoms. The monoisotopic (exact) mass is 327 g/mol. The Labute approximate surface area is 118 Å². The molecule has 0 aliphatic heterocycles. The lowest BCUT2D eigenvalue weighted by Gasteiger charge is -2.21. The van der Waals surface area contributed by atoms with Crippen LogP contribution in [-0.2, 0) is 14.8 Å². The first-order valence-corrected chi connectivity index (χ1v) is 6.96. The molecular formula is C11H12F3NO5S. The van der Waals surface area contributed by atoms with Gasteiger partial charge in [-0.25, -0.2) is 8.42 Å². The number of aliphatic carboxylic acids is 1. The van der Waals surface area contributed by atoms with E-state index in [0.717, 1.165) is 32.2 Å². The van der Waals surface area contributed by atoms with E-state index >= 15 is 0 Å². The zero-order valence-corrected chi connectivity index (χ0v) is 11.8. The Hall–Kier alpha value is -1.81. The van der Waals surface area contributed by atoms with Crippen LogP contribution in [0.5, 0.6) is 5.75 Å². The number of likely N-dealkylation sites (N-methyl/N-ethyl adjacent to an activating group) is 1. The van der Waals surface area contributed by atoms with E-state index in [4.69, 9.17) is 5.11 Å². The van der Waals surface area contributed by atoms with Gasteiger partial charge in [-0.1, -0.05) is 6.07 Å². The molecule has 0 aliphatic rings. The molecule has 1 aromatic carbocycles. The maximum atomic E-state index is 12.1. The van der Waals surface area contributed by atoms with Crippen molar-refractivity contribution in [2.45, 2.75) is 24.2 Å². The molecule has 1 atom stereocenters. The Morgan fingerprint density at radius 3 is 2.43 bits per heavy atom. The molecule has 21 heavy (non-hydrogen) atoms. The van der Waals surface area contributed by atoms with Crippen molar-refractivity contribution in [2.75, 3.05) is 7.05 Å². The quantitative estimate of drug-likeness (QED) is 0.889. The van der Waals surface area contributed by atoms with Crippen molar-refractivity contribution in [3.05, 3.63) is 24.3 Å². The van der Waals surface area contributed by atoms with Crippen LogP contribution in [-0.4, -0.2) is 43.3 Å². The second kappa shape index (κ2) is 5.90. The van der Waals surface area contributed by atoms with E-state index in [9.17, 15) is 26.4 Å². The van der Waals surface area contributed by atoms with Gasteiger partial charge in [0.1, 0.15) is 11.8 Å². The second-order valence-corrected chi connectivity index (χ2v) is 6.06. The van der Waals surface area contributed by atoms with Crippen LogP contribution in [0.4, 0.5) is 13.2 Å². The van der Waals surface area contributed by atoms with E-state index in [-0.39, 0.29) is 0 Å². The van der Waals surface area contributed by atoms with Gasteiger partial charge < -0.3 is 9.84 Å². The number of carbonyl (C=O) groups is 1. The summed E-state index contributed by atoms with van der Waals surface area (Å²) in [6.07, 6.45) is -4.96. The Kier molecular flexibility index (Phi) is 4.84. The number of carboxylic acid groups (broad SMARTS) is 1. The minimum atomic E-state index is -4.96. The van der Waals surface area contributed by atoms with Gasteiger partial charge in [0.05, 0.1) is 4.90 Å². The fourth-order valence-corrected chi connectivity index (χ4v) is 2.72. The highest BCUT2D eigenvalue weighted by molar-refractivity contribution is 7.89. The minimum Gasteiger partial charge on any atom is -0.480 e. The lowest BCUT2D eigenvalue weighted by Crippen LogP contribution is -2.40. The summed E-state index contributed by atoms with van der Waals surface area (Å²) in [7, 11) is -3.24. The van der Waals surface area contributed by atoms with Gasteiger partial charge >= 0.3 is 12.3 Å². The molecule has 1 N–H and O–H groups in total. The predicted molar refractivity (Wildman–Crippen MR) is 65.2 cm³/mol. The zero-order valence-electron chi connectivity index (χ0n) is 11.0. The number of rotatable bonds is 5. The third kappa shape index (κ3) is 4.33. The molecule has 0 saturated carbocycles. The van der Waals surface area contributed by atoms with Crippen LogP contribution in [0, 0.1) is 0 Å². The van der Waals surface area contributed by atoms with Gasteiger partial charge in [-0.3, -0.25) is 4.79 Å². The molecule has 0 radical (unpaired) electrons. The first-order valence-electron chi connectivity index (χ1n) is 5.52. The van der Waals surface area contributed by atoms with Gasteiger partial charge in [-0.2, -0.15) is 4.31 Å². The topological polar surface area (TPSA) is 83.9 Å². The van der Waals surface area contributed by atoms with E-state index in [0.29, 0.717) is 10.4 Å². The first kappa shape index (κ1) is 17.2. The van der Waals surface area contributed by atoms with Crippen molar-refractivity contribution in [2.24, 2.45) is 0 Å². The SMILES string of the molecule is CC(C(=O)O)N(C)S(=O)(=O)c1cccc(OC(F)(F)F)c1. The van der Waals surface area contributed by atoms with Crippen LogP contribution >= 0.6 is 0 Å². The number of hydrogen-bond acceptors (Lipinski definition) is 4. The summed E-state index contributed by atoms with van der Waals surface area (Å²) < 4.78 is 64.7. The fraction of sp³-hybridized carbons (Fsp3) is 0.364. The molecule has 10 heteroatoms. The predicted octanol–water partition coefficient (Wildman–Crippen LogP) is 1.68. The molecule has 6 nitrogen and oxygen atoms in total. The Morgan fingerprint density at radius 1 is 1.38 bits per heavy atom. The van der Waals surface area contributed by atoms with Crippen LogP contribution in [0.2, 0.25) is 0 Å². The third-order valence-corrected chi connectivity index (χ3v) is 4.54. The summed E-state index contributed by atoms with van der Waals surface area (Å²) in [6.45, 7) is 1.13. The Morgan fingerprint density at radius 2 is 1.95 bits per heavy atom. The molecule has 1 aromatic rings. The Bertz CT molecular complexity index is 629. The average molecular weight is 327 g/mol. The fourth-order valence-electron chi connectivity index (χ4n) is 1.36. The summed E-state index contributed by atoms with van der Waals surface area (Å²) in [5.74, 6) is -2.09. The summed E-state index contributed by atoms with van der Waals surface area (Å²) in [6, 6.07) is 2.35. The number of carboxylic acids is 1. The van der Waals surface area contributed by atoms with Gasteiger partial charge in [-0.15, -0.1) is 13.2 Å². The van der Waals surface area contributed by atoms with Gasteiger partial charge in [0, 0.05) is 13.1 Å². The van der Waals surface area contributed by atoms with Crippen molar-refractivity contribution in [1.29, 1.82) is 0 Å². The van der Waals surface area contributed by atoms with E-state index in [1.807, 2.05) is 0 Å². The van der Waals surface area contributed by atoms with E-state index < -0.39 is 39.0 Å². The number of alkyl halides is 3. The molecule has 1 rings (SSSR count). The maximum Gasteiger partial charge on any atom is 0.573 e. The molecule has 0 amide bonds. The average Bonchev–Trinajstić information content (AvgIpc) is 2.35. The summed E-state index contributed by atoms with van der Waals surface area (Å²) in [4.78, 5) is 10.3. The van der Waals surface area contributed by atoms with E-state index in [2.05, 4.69) is 4.74 Å². The normalized spacial score (nSPS) is 14.0. The zero-order chi connectivity index (χ0) is 16.4. The van der Waals surface area contributed by atoms with Crippen molar-refractivity contribution < 1.29 is 36.2 Å². The molecule has 0 aromatic heterocycles. The highest BCUT2D eigenvalue weighted by Crippen LogP contribution is 2.26. The standard InChI is InChI=1S/C11H12F3NO5S/c1-7(10(16)17)15(2)21(18,19)9-5-3-4-8(6-9)20-11(12,13)14/h3-7H,1-2H3,(H,16,17). The number of ether oxygens (including phenoxy) is 1. The van der Waals surface area contributed by atoms with Crippen LogP contribution in [0.25, 0.3) is 0 Å². The van der Waals surface area contributed by atoms with Gasteiger partial charge in [0.15, 0.2) is 0 Å². The third-order valence-electron chi connectivity index (χ3n) is 2.62. The van der Waals surface area contributed by atoms with Crippen molar-refractivity contribution in [3.63, 3.8) is 0 Å². The van der Waals surface area contributed by atoms with Crippen molar-refractivity contribution in [3.8, 4) is 5.75 Å². The van der Waals surface area contributed by atoms with Crippen LogP contribution in [0.1, 0.15) is 6.92 Å². The van der Waals surface area contributed by atoms with E-state index in [1.165, 1.54) is 0 Å². The second-order valence-electron chi connectivity index (χ2n) is 4.06. The molecule has 1 unspecified atom stereocenters. The first-order chi connectivity index (χ1) is 9.45. The van der Waals surface area contributed by atoms with Crippen LogP contribution in [0.15, 0.2) is 29.2 Å². The number of benzene rings is 1. The number of halogens is 3. The van der Waals surface area contributed by atoms with Gasteiger partial charge in [0.25, 0.3) is 0 Å². The summed E-state index contributed by atoms with van der Waals surface area (Å²) >= 11 is 0. The van der Waals surface area contributed by atoms with Gasteiger partial charge in [-0.05, 0) is 19.1 Å². The number of hydrogen-bond donors (Lipinski definition) is 1. The van der Waals surface area contributed by atoms with E-state index in [1.54, 1.807) is 0 Å². The molecule has 0 bridgehead atoms. The maximum absolute atomic E-state index is 12.1. The summed E-state index contributed by atoms with van der Waals surface area (Å²) in [5, 5.41) is 8.79. The molecule has 0 heterocycles. The lowest BCUT2D eigenvalue weighted by molar-refractivity contribution is -0.274. The molecular weight excluding hydrogens is 315 g/mol. The lowest BCUT2D eigenvalue weighted by atomic mass is 10.3.